The number of pyridine rings is 2. The largest absolute Gasteiger partial charge is 0.256 e. The predicted octanol–water partition coefficient (Wildman–Crippen LogP) is 16.6. The second kappa shape index (κ2) is 17.0. The molecule has 4 heterocycles. The van der Waals surface area contributed by atoms with Gasteiger partial charge in [0.25, 0.3) is 0 Å². The van der Waals surface area contributed by atoms with Gasteiger partial charge in [0.2, 0.25) is 0 Å². The molecule has 14 aromatic rings. The number of fused-ring (bicyclic) bond motifs is 6. The maximum atomic E-state index is 5.39. The molecule has 334 valence electrons. The Balaban J connectivity index is 0.876. The van der Waals surface area contributed by atoms with E-state index in [2.05, 4.69) is 218 Å². The second-order valence-electron chi connectivity index (χ2n) is 18.2. The van der Waals surface area contributed by atoms with E-state index in [4.69, 9.17) is 29.9 Å². The van der Waals surface area contributed by atoms with Crippen LogP contribution in [0.15, 0.2) is 243 Å². The lowest BCUT2D eigenvalue weighted by molar-refractivity contribution is 1.19. The zero-order valence-corrected chi connectivity index (χ0v) is 38.8. The summed E-state index contributed by atoms with van der Waals surface area (Å²) in [5.41, 5.74) is 13.2. The smallest absolute Gasteiger partial charge is 0.160 e. The summed E-state index contributed by atoms with van der Waals surface area (Å²) in [5.74, 6) is 1.28. The minimum Gasteiger partial charge on any atom is -0.256 e. The Bertz CT molecular complexity index is 4050. The summed E-state index contributed by atoms with van der Waals surface area (Å²) in [7, 11) is 0. The van der Waals surface area contributed by atoms with E-state index >= 15 is 0 Å². The molecule has 0 atom stereocenters. The van der Waals surface area contributed by atoms with Crippen LogP contribution in [0.5, 0.6) is 0 Å². The molecule has 0 unspecified atom stereocenters. The average Bonchev–Trinajstić information content (AvgIpc) is 3.45. The number of hydrogen-bond acceptors (Lipinski definition) is 6. The quantitative estimate of drug-likeness (QED) is 0.148. The van der Waals surface area contributed by atoms with Gasteiger partial charge in [-0.1, -0.05) is 194 Å². The SMILES string of the molecule is c1ccc2c(-c3cc(-c4cccc5cccnc45)nc(-c4ccc(-c5ccc(-c6nc(-c7c8ccccc8cc8ccccc78)cc(-c7cccc8cccnc78)n6)cc5)cc4)n3)c3ccccc3cc2c1. The van der Waals surface area contributed by atoms with E-state index in [1.807, 2.05) is 24.5 Å². The van der Waals surface area contributed by atoms with E-state index in [9.17, 15) is 0 Å². The van der Waals surface area contributed by atoms with E-state index in [0.717, 1.165) is 132 Å². The Morgan fingerprint density at radius 2 is 0.556 bits per heavy atom. The number of aromatic nitrogens is 6. The molecule has 0 fully saturated rings. The van der Waals surface area contributed by atoms with E-state index in [1.165, 1.54) is 0 Å². The molecule has 0 spiro atoms. The summed E-state index contributed by atoms with van der Waals surface area (Å²) >= 11 is 0. The van der Waals surface area contributed by atoms with Gasteiger partial charge in [-0.15, -0.1) is 0 Å². The van der Waals surface area contributed by atoms with Gasteiger partial charge in [0, 0.05) is 56.5 Å². The van der Waals surface area contributed by atoms with Crippen LogP contribution in [0.25, 0.3) is 144 Å². The van der Waals surface area contributed by atoms with Crippen molar-refractivity contribution in [2.24, 2.45) is 0 Å². The Hall–Kier alpha value is -9.78. The molecule has 0 aliphatic carbocycles. The molecule has 0 saturated heterocycles. The summed E-state index contributed by atoms with van der Waals surface area (Å²) < 4.78 is 0. The van der Waals surface area contributed by atoms with Crippen molar-refractivity contribution in [3.05, 3.63) is 243 Å². The third kappa shape index (κ3) is 7.12. The van der Waals surface area contributed by atoms with Crippen molar-refractivity contribution in [1.82, 2.24) is 29.9 Å². The molecule has 0 bridgehead atoms. The summed E-state index contributed by atoms with van der Waals surface area (Å²) in [4.78, 5) is 31.0. The van der Waals surface area contributed by atoms with Crippen molar-refractivity contribution >= 4 is 64.9 Å². The van der Waals surface area contributed by atoms with Gasteiger partial charge < -0.3 is 0 Å². The molecule has 0 amide bonds. The fourth-order valence-corrected chi connectivity index (χ4v) is 10.5. The van der Waals surface area contributed by atoms with Crippen LogP contribution in [0.2, 0.25) is 0 Å². The van der Waals surface area contributed by atoms with E-state index in [0.29, 0.717) is 11.6 Å². The highest BCUT2D eigenvalue weighted by Gasteiger charge is 2.20. The van der Waals surface area contributed by atoms with Crippen molar-refractivity contribution in [2.75, 3.05) is 0 Å². The molecule has 0 N–H and O–H groups in total. The van der Waals surface area contributed by atoms with Crippen LogP contribution < -0.4 is 0 Å². The zero-order chi connectivity index (χ0) is 47.5. The van der Waals surface area contributed by atoms with E-state index < -0.39 is 0 Å². The number of para-hydroxylation sites is 2. The normalized spacial score (nSPS) is 11.6. The van der Waals surface area contributed by atoms with Gasteiger partial charge in [0.15, 0.2) is 11.6 Å². The second-order valence-corrected chi connectivity index (χ2v) is 18.2. The zero-order valence-electron chi connectivity index (χ0n) is 38.8. The molecule has 0 saturated carbocycles. The van der Waals surface area contributed by atoms with Crippen molar-refractivity contribution in [2.45, 2.75) is 0 Å². The van der Waals surface area contributed by atoms with Crippen LogP contribution in [-0.2, 0) is 0 Å². The van der Waals surface area contributed by atoms with Crippen LogP contribution in [0.1, 0.15) is 0 Å². The summed E-state index contributed by atoms with van der Waals surface area (Å²) in [6.45, 7) is 0. The lowest BCUT2D eigenvalue weighted by atomic mass is 9.93. The summed E-state index contributed by atoms with van der Waals surface area (Å²) in [5, 5.41) is 11.3. The van der Waals surface area contributed by atoms with Crippen LogP contribution in [-0.4, -0.2) is 29.9 Å². The fraction of sp³-hybridized carbons (Fsp3) is 0. The molecular formula is C66H40N6. The number of nitrogens with zero attached hydrogens (tertiary/aromatic N) is 6. The standard InChI is InChI=1S/C66H40N6/c1-5-21-51-47(13-1)37-48-14-2-6-22-52(48)61(51)59-39-57(55-25-9-17-43-19-11-35-67-63(43)55)69-65(71-59)45-31-27-41(28-32-45)42-29-33-46(34-30-42)66-70-58(56-26-10-18-44-20-12-36-68-64(44)56)40-60(72-66)62-53-23-7-3-15-49(53)38-50-16-4-8-24-54(50)62/h1-40H. The third-order valence-electron chi connectivity index (χ3n) is 13.9. The topological polar surface area (TPSA) is 77.3 Å². The maximum Gasteiger partial charge on any atom is 0.160 e. The molecule has 14 rings (SSSR count). The van der Waals surface area contributed by atoms with Gasteiger partial charge in [-0.2, -0.15) is 0 Å². The molecular weight excluding hydrogens is 877 g/mol. The van der Waals surface area contributed by atoms with Gasteiger partial charge in [0.1, 0.15) is 0 Å². The Labute approximate surface area is 414 Å². The highest BCUT2D eigenvalue weighted by molar-refractivity contribution is 6.14. The first kappa shape index (κ1) is 41.2. The third-order valence-corrected chi connectivity index (χ3v) is 13.9. The Morgan fingerprint density at radius 3 is 0.944 bits per heavy atom. The molecule has 0 aliphatic rings. The monoisotopic (exact) mass is 916 g/mol. The van der Waals surface area contributed by atoms with Gasteiger partial charge in [-0.3, -0.25) is 9.97 Å². The molecule has 6 nitrogen and oxygen atoms in total. The van der Waals surface area contributed by atoms with E-state index in [-0.39, 0.29) is 0 Å². The molecule has 0 aliphatic heterocycles. The average molecular weight is 917 g/mol. The maximum absolute atomic E-state index is 5.39. The minimum atomic E-state index is 0.641. The van der Waals surface area contributed by atoms with Gasteiger partial charge >= 0.3 is 0 Å². The number of rotatable bonds is 7. The molecule has 72 heavy (non-hydrogen) atoms. The molecule has 0 radical (unpaired) electrons. The van der Waals surface area contributed by atoms with Gasteiger partial charge in [-0.25, -0.2) is 19.9 Å². The highest BCUT2D eigenvalue weighted by Crippen LogP contribution is 2.41. The van der Waals surface area contributed by atoms with Crippen molar-refractivity contribution in [1.29, 1.82) is 0 Å². The van der Waals surface area contributed by atoms with Crippen LogP contribution in [0.4, 0.5) is 0 Å². The number of benzene rings is 10. The van der Waals surface area contributed by atoms with Gasteiger partial charge in [-0.05, 0) is 90.6 Å². The number of hydrogen-bond donors (Lipinski definition) is 0. The van der Waals surface area contributed by atoms with Crippen LogP contribution in [0, 0.1) is 0 Å². The predicted molar refractivity (Wildman–Crippen MR) is 296 cm³/mol. The van der Waals surface area contributed by atoms with Crippen LogP contribution >= 0.6 is 0 Å². The highest BCUT2D eigenvalue weighted by atomic mass is 14.9. The first-order valence-electron chi connectivity index (χ1n) is 24.2. The molecule has 4 aromatic heterocycles. The van der Waals surface area contributed by atoms with Crippen molar-refractivity contribution in [3.8, 4) is 78.9 Å². The molecule has 6 heteroatoms. The summed E-state index contributed by atoms with van der Waals surface area (Å²) in [6.07, 6.45) is 3.69. The van der Waals surface area contributed by atoms with Crippen LogP contribution in [0.3, 0.4) is 0 Å². The molecule has 10 aromatic carbocycles. The lowest BCUT2D eigenvalue weighted by Crippen LogP contribution is -1.98. The Kier molecular flexibility index (Phi) is 9.74. The van der Waals surface area contributed by atoms with Crippen molar-refractivity contribution in [3.63, 3.8) is 0 Å². The lowest BCUT2D eigenvalue weighted by Gasteiger charge is -2.15. The minimum absolute atomic E-state index is 0.641. The fourth-order valence-electron chi connectivity index (χ4n) is 10.5. The van der Waals surface area contributed by atoms with Gasteiger partial charge in [0.05, 0.1) is 33.8 Å². The van der Waals surface area contributed by atoms with E-state index in [1.54, 1.807) is 0 Å². The first-order chi connectivity index (χ1) is 35.7. The summed E-state index contributed by atoms with van der Waals surface area (Å²) in [6, 6.07) is 80.8. The van der Waals surface area contributed by atoms with Crippen molar-refractivity contribution < 1.29 is 0 Å². The first-order valence-corrected chi connectivity index (χ1v) is 24.2. The Morgan fingerprint density at radius 1 is 0.236 bits per heavy atom.